The normalized spacial score (nSPS) is 34.1. The smallest absolute Gasteiger partial charge is 0.0434 e. The van der Waals surface area contributed by atoms with Crippen LogP contribution >= 0.6 is 0 Å². The molecule has 0 spiro atoms. The number of aliphatic hydroxyl groups excluding tert-OH is 1. The van der Waals surface area contributed by atoms with Crippen LogP contribution in [-0.2, 0) is 0 Å². The molecular weight excluding hydrogens is 200 g/mol. The molecule has 2 unspecified atom stereocenters. The molecule has 1 aliphatic heterocycles. The summed E-state index contributed by atoms with van der Waals surface area (Å²) in [6, 6.07) is 1.11. The van der Waals surface area contributed by atoms with Crippen LogP contribution in [0.5, 0.6) is 0 Å². The third-order valence-corrected chi connectivity index (χ3v) is 4.23. The number of nitrogens with two attached hydrogens (primary N) is 1. The van der Waals surface area contributed by atoms with Gasteiger partial charge in [-0.1, -0.05) is 19.3 Å². The van der Waals surface area contributed by atoms with Crippen molar-refractivity contribution in [3.8, 4) is 0 Å². The van der Waals surface area contributed by atoms with E-state index in [1.807, 2.05) is 0 Å². The third kappa shape index (κ3) is 3.19. The Bertz CT molecular complexity index is 204. The highest BCUT2D eigenvalue weighted by atomic mass is 16.3. The van der Waals surface area contributed by atoms with E-state index in [1.165, 1.54) is 38.6 Å². The minimum absolute atomic E-state index is 0.315. The summed E-state index contributed by atoms with van der Waals surface area (Å²) in [4.78, 5) is 2.60. The van der Waals surface area contributed by atoms with Gasteiger partial charge in [0.25, 0.3) is 0 Å². The molecule has 3 heteroatoms. The number of likely N-dealkylation sites (tertiary alicyclic amines) is 1. The van der Waals surface area contributed by atoms with E-state index in [1.54, 1.807) is 0 Å². The maximum absolute atomic E-state index is 9.04. The van der Waals surface area contributed by atoms with Gasteiger partial charge in [0.2, 0.25) is 0 Å². The molecule has 1 aliphatic carbocycles. The van der Waals surface area contributed by atoms with Crippen LogP contribution < -0.4 is 5.73 Å². The van der Waals surface area contributed by atoms with Crippen molar-refractivity contribution in [3.63, 3.8) is 0 Å². The highest BCUT2D eigenvalue weighted by molar-refractivity contribution is 4.86. The van der Waals surface area contributed by atoms with Gasteiger partial charge in [0, 0.05) is 31.8 Å². The number of aliphatic hydroxyl groups is 1. The van der Waals surface area contributed by atoms with Crippen molar-refractivity contribution in [2.45, 2.75) is 57.0 Å². The first kappa shape index (κ1) is 12.3. The molecule has 94 valence electrons. The Kier molecular flexibility index (Phi) is 4.62. The molecule has 2 atom stereocenters. The van der Waals surface area contributed by atoms with E-state index in [0.29, 0.717) is 18.6 Å². The molecule has 0 aromatic rings. The third-order valence-electron chi connectivity index (χ3n) is 4.23. The molecule has 16 heavy (non-hydrogen) atoms. The van der Waals surface area contributed by atoms with E-state index in [-0.39, 0.29) is 0 Å². The fourth-order valence-electron chi connectivity index (χ4n) is 3.42. The summed E-state index contributed by atoms with van der Waals surface area (Å²) in [5.74, 6) is 0.621. The fourth-order valence-corrected chi connectivity index (χ4v) is 3.42. The van der Waals surface area contributed by atoms with Gasteiger partial charge in [-0.15, -0.1) is 0 Å². The molecule has 2 aliphatic rings. The van der Waals surface area contributed by atoms with Crippen LogP contribution in [0.3, 0.4) is 0 Å². The largest absolute Gasteiger partial charge is 0.396 e. The molecule has 2 rings (SSSR count). The molecule has 0 radical (unpaired) electrons. The molecule has 0 aromatic heterocycles. The Morgan fingerprint density at radius 3 is 2.56 bits per heavy atom. The van der Waals surface area contributed by atoms with Gasteiger partial charge in [-0.3, -0.25) is 4.90 Å². The van der Waals surface area contributed by atoms with Crippen LogP contribution in [0.1, 0.15) is 44.9 Å². The minimum atomic E-state index is 0.315. The quantitative estimate of drug-likeness (QED) is 0.764. The van der Waals surface area contributed by atoms with Gasteiger partial charge in [-0.2, -0.15) is 0 Å². The molecule has 2 fully saturated rings. The Morgan fingerprint density at radius 1 is 1.12 bits per heavy atom. The summed E-state index contributed by atoms with van der Waals surface area (Å²) in [5, 5.41) is 9.04. The summed E-state index contributed by atoms with van der Waals surface area (Å²) >= 11 is 0. The summed E-state index contributed by atoms with van der Waals surface area (Å²) in [6.45, 7) is 2.56. The van der Waals surface area contributed by atoms with Gasteiger partial charge in [-0.25, -0.2) is 0 Å². The van der Waals surface area contributed by atoms with Crippen molar-refractivity contribution in [3.05, 3.63) is 0 Å². The number of nitrogens with zero attached hydrogens (tertiary/aromatic N) is 1. The number of hydrogen-bond acceptors (Lipinski definition) is 3. The van der Waals surface area contributed by atoms with Crippen molar-refractivity contribution < 1.29 is 5.11 Å². The first-order valence-electron chi connectivity index (χ1n) is 6.90. The summed E-state index contributed by atoms with van der Waals surface area (Å²) < 4.78 is 0. The van der Waals surface area contributed by atoms with Crippen LogP contribution in [0.25, 0.3) is 0 Å². The van der Waals surface area contributed by atoms with E-state index in [2.05, 4.69) is 4.90 Å². The summed E-state index contributed by atoms with van der Waals surface area (Å²) in [7, 11) is 0. The van der Waals surface area contributed by atoms with Crippen LogP contribution in [-0.4, -0.2) is 41.8 Å². The van der Waals surface area contributed by atoms with E-state index in [4.69, 9.17) is 10.8 Å². The second-order valence-electron chi connectivity index (χ2n) is 5.62. The zero-order valence-corrected chi connectivity index (χ0v) is 10.3. The van der Waals surface area contributed by atoms with Crippen molar-refractivity contribution in [1.29, 1.82) is 0 Å². The van der Waals surface area contributed by atoms with E-state index < -0.39 is 0 Å². The summed E-state index contributed by atoms with van der Waals surface area (Å²) in [6.07, 6.45) is 8.94. The Balaban J connectivity index is 1.87. The van der Waals surface area contributed by atoms with E-state index >= 15 is 0 Å². The van der Waals surface area contributed by atoms with Gasteiger partial charge >= 0.3 is 0 Å². The van der Waals surface area contributed by atoms with Gasteiger partial charge in [0.05, 0.1) is 0 Å². The lowest BCUT2D eigenvalue weighted by Gasteiger charge is -2.42. The number of hydrogen-bond donors (Lipinski definition) is 2. The molecule has 1 saturated carbocycles. The minimum Gasteiger partial charge on any atom is -0.396 e. The average Bonchev–Trinajstić information content (AvgIpc) is 2.30. The Labute approximate surface area is 99.0 Å². The summed E-state index contributed by atoms with van der Waals surface area (Å²) in [5.41, 5.74) is 6.13. The number of rotatable bonds is 3. The van der Waals surface area contributed by atoms with Crippen LogP contribution in [0, 0.1) is 5.92 Å². The SMILES string of the molecule is NC1CC(CCO)CN(C2CCCCC2)C1. The first-order valence-corrected chi connectivity index (χ1v) is 6.90. The molecule has 1 heterocycles. The zero-order chi connectivity index (χ0) is 11.4. The van der Waals surface area contributed by atoms with E-state index in [9.17, 15) is 0 Å². The van der Waals surface area contributed by atoms with Crippen LogP contribution in [0.4, 0.5) is 0 Å². The molecular formula is C13H26N2O. The molecule has 3 N–H and O–H groups in total. The topological polar surface area (TPSA) is 49.5 Å². The Morgan fingerprint density at radius 2 is 1.88 bits per heavy atom. The van der Waals surface area contributed by atoms with Crippen LogP contribution in [0.15, 0.2) is 0 Å². The van der Waals surface area contributed by atoms with Crippen molar-refractivity contribution >= 4 is 0 Å². The molecule has 0 bridgehead atoms. The fraction of sp³-hybridized carbons (Fsp3) is 1.00. The van der Waals surface area contributed by atoms with Gasteiger partial charge in [0.15, 0.2) is 0 Å². The lowest BCUT2D eigenvalue weighted by atomic mass is 9.87. The lowest BCUT2D eigenvalue weighted by molar-refractivity contribution is 0.0768. The predicted octanol–water partition coefficient (Wildman–Crippen LogP) is 1.35. The average molecular weight is 226 g/mol. The second kappa shape index (κ2) is 5.99. The molecule has 1 saturated heterocycles. The maximum atomic E-state index is 9.04. The molecule has 0 aromatic carbocycles. The second-order valence-corrected chi connectivity index (χ2v) is 5.62. The molecule has 0 amide bonds. The zero-order valence-electron chi connectivity index (χ0n) is 10.3. The molecule has 3 nitrogen and oxygen atoms in total. The van der Waals surface area contributed by atoms with Crippen molar-refractivity contribution in [2.24, 2.45) is 11.7 Å². The first-order chi connectivity index (χ1) is 7.79. The monoisotopic (exact) mass is 226 g/mol. The van der Waals surface area contributed by atoms with E-state index in [0.717, 1.165) is 25.4 Å². The highest BCUT2D eigenvalue weighted by Gasteiger charge is 2.29. The van der Waals surface area contributed by atoms with Gasteiger partial charge in [0.1, 0.15) is 0 Å². The Hall–Kier alpha value is -0.120. The number of piperidine rings is 1. The van der Waals surface area contributed by atoms with Crippen molar-refractivity contribution in [2.75, 3.05) is 19.7 Å². The maximum Gasteiger partial charge on any atom is 0.0434 e. The predicted molar refractivity (Wildman–Crippen MR) is 66.2 cm³/mol. The highest BCUT2D eigenvalue weighted by Crippen LogP contribution is 2.27. The van der Waals surface area contributed by atoms with Crippen LogP contribution in [0.2, 0.25) is 0 Å². The van der Waals surface area contributed by atoms with Gasteiger partial charge < -0.3 is 10.8 Å². The standard InChI is InChI=1S/C13H26N2O/c14-12-8-11(6-7-16)9-15(10-12)13-4-2-1-3-5-13/h11-13,16H,1-10,14H2. The van der Waals surface area contributed by atoms with Gasteiger partial charge in [-0.05, 0) is 31.6 Å². The lowest BCUT2D eigenvalue weighted by Crippen LogP contribution is -2.51. The van der Waals surface area contributed by atoms with Crippen molar-refractivity contribution in [1.82, 2.24) is 4.90 Å².